The van der Waals surface area contributed by atoms with Crippen LogP contribution in [0.4, 0.5) is 5.69 Å². The van der Waals surface area contributed by atoms with E-state index in [4.69, 9.17) is 19.3 Å². The summed E-state index contributed by atoms with van der Waals surface area (Å²) in [6.45, 7) is 0. The van der Waals surface area contributed by atoms with E-state index in [1.807, 2.05) is 97.1 Å². The van der Waals surface area contributed by atoms with Gasteiger partial charge >= 0.3 is 5.97 Å². The van der Waals surface area contributed by atoms with Gasteiger partial charge in [-0.15, -0.1) is 0 Å². The van der Waals surface area contributed by atoms with Gasteiger partial charge in [0.2, 0.25) is 0 Å². The highest BCUT2D eigenvalue weighted by Gasteiger charge is 2.40. The average molecular weight is 479 g/mol. The molecular weight excluding hydrogens is 452 g/mol. The summed E-state index contributed by atoms with van der Waals surface area (Å²) in [5.41, 5.74) is 7.99. The maximum absolute atomic E-state index is 12.8. The van der Waals surface area contributed by atoms with Gasteiger partial charge in [-0.05, 0) is 65.7 Å². The molecule has 4 aromatic rings. The minimum atomic E-state index is -0.555. The van der Waals surface area contributed by atoms with Crippen molar-refractivity contribution in [3.05, 3.63) is 125 Å². The van der Waals surface area contributed by atoms with Crippen molar-refractivity contribution in [2.45, 2.75) is 12.0 Å². The standard InChI is InChI=1S/C30H26N2O4/c1-34-23-16-12-20(13-17-23)27(29-25-10-6-7-11-26(25)30(33)36-29)28(21-14-18-24(35-2)19-15-21)32-31-22-8-4-3-5-9-22/h3-19,27,29,31H,1-2H3/b32-28-/t27-,29-/m0/s1. The second-order valence-corrected chi connectivity index (χ2v) is 8.37. The van der Waals surface area contributed by atoms with Gasteiger partial charge in [0.1, 0.15) is 17.6 Å². The Bertz CT molecular complexity index is 1370. The number of nitrogens with zero attached hydrogens (tertiary/aromatic N) is 1. The molecule has 1 aliphatic rings. The predicted molar refractivity (Wildman–Crippen MR) is 140 cm³/mol. The monoisotopic (exact) mass is 478 g/mol. The van der Waals surface area contributed by atoms with E-state index in [2.05, 4.69) is 5.43 Å². The van der Waals surface area contributed by atoms with Crippen molar-refractivity contribution in [3.63, 3.8) is 0 Å². The van der Waals surface area contributed by atoms with Crippen LogP contribution < -0.4 is 14.9 Å². The Morgan fingerprint density at radius 1 is 0.806 bits per heavy atom. The minimum absolute atomic E-state index is 0.334. The normalized spacial score (nSPS) is 15.6. The van der Waals surface area contributed by atoms with Gasteiger partial charge in [-0.25, -0.2) is 4.79 Å². The second-order valence-electron chi connectivity index (χ2n) is 8.37. The summed E-state index contributed by atoms with van der Waals surface area (Å²) < 4.78 is 16.8. The molecule has 2 atom stereocenters. The Hall–Kier alpha value is -4.58. The molecule has 1 heterocycles. The van der Waals surface area contributed by atoms with E-state index in [-0.39, 0.29) is 5.97 Å². The number of ether oxygens (including phenoxy) is 3. The van der Waals surface area contributed by atoms with Crippen LogP contribution >= 0.6 is 0 Å². The van der Waals surface area contributed by atoms with Crippen LogP contribution in [-0.2, 0) is 4.74 Å². The molecule has 1 aliphatic heterocycles. The Labute approximate surface area is 210 Å². The van der Waals surface area contributed by atoms with Crippen molar-refractivity contribution in [2.75, 3.05) is 19.6 Å². The van der Waals surface area contributed by atoms with Gasteiger partial charge in [0.15, 0.2) is 0 Å². The molecule has 180 valence electrons. The average Bonchev–Trinajstić information content (AvgIpc) is 3.27. The smallest absolute Gasteiger partial charge is 0.339 e. The molecule has 0 spiro atoms. The largest absolute Gasteiger partial charge is 0.497 e. The van der Waals surface area contributed by atoms with Crippen LogP contribution in [0.25, 0.3) is 0 Å². The first-order valence-electron chi connectivity index (χ1n) is 11.6. The number of fused-ring (bicyclic) bond motifs is 1. The van der Waals surface area contributed by atoms with Crippen molar-refractivity contribution < 1.29 is 19.0 Å². The number of anilines is 1. The summed E-state index contributed by atoms with van der Waals surface area (Å²) in [6.07, 6.45) is -0.555. The molecule has 0 radical (unpaired) electrons. The van der Waals surface area contributed by atoms with E-state index >= 15 is 0 Å². The predicted octanol–water partition coefficient (Wildman–Crippen LogP) is 6.22. The van der Waals surface area contributed by atoms with Gasteiger partial charge in [-0.1, -0.05) is 48.5 Å². The molecule has 0 fully saturated rings. The number of benzene rings is 4. The molecule has 5 rings (SSSR count). The van der Waals surface area contributed by atoms with Gasteiger partial charge in [-0.2, -0.15) is 5.10 Å². The number of nitrogens with one attached hydrogen (secondary N) is 1. The van der Waals surface area contributed by atoms with Crippen LogP contribution in [0.1, 0.15) is 39.1 Å². The molecule has 0 unspecified atom stereocenters. The van der Waals surface area contributed by atoms with Crippen LogP contribution in [-0.4, -0.2) is 25.9 Å². The molecule has 36 heavy (non-hydrogen) atoms. The highest BCUT2D eigenvalue weighted by atomic mass is 16.5. The third-order valence-electron chi connectivity index (χ3n) is 6.26. The fourth-order valence-corrected chi connectivity index (χ4v) is 4.42. The van der Waals surface area contributed by atoms with Crippen LogP contribution in [0.2, 0.25) is 0 Å². The van der Waals surface area contributed by atoms with E-state index in [0.29, 0.717) is 5.56 Å². The van der Waals surface area contributed by atoms with E-state index in [0.717, 1.165) is 39.6 Å². The Morgan fingerprint density at radius 3 is 2.08 bits per heavy atom. The number of para-hydroxylation sites is 1. The summed E-state index contributed by atoms with van der Waals surface area (Å²) in [5, 5.41) is 4.88. The lowest BCUT2D eigenvalue weighted by molar-refractivity contribution is 0.0368. The second kappa shape index (κ2) is 10.4. The maximum Gasteiger partial charge on any atom is 0.339 e. The summed E-state index contributed by atoms with van der Waals surface area (Å²) in [4.78, 5) is 12.8. The Morgan fingerprint density at radius 2 is 1.42 bits per heavy atom. The van der Waals surface area contributed by atoms with Crippen molar-refractivity contribution in [1.82, 2.24) is 0 Å². The van der Waals surface area contributed by atoms with Crippen molar-refractivity contribution in [2.24, 2.45) is 5.10 Å². The Kier molecular flexibility index (Phi) is 6.67. The number of hydrogen-bond acceptors (Lipinski definition) is 6. The fourth-order valence-electron chi connectivity index (χ4n) is 4.42. The van der Waals surface area contributed by atoms with Crippen molar-refractivity contribution in [1.29, 1.82) is 0 Å². The number of cyclic esters (lactones) is 1. The number of rotatable bonds is 8. The molecule has 0 bridgehead atoms. The number of carbonyl (C=O) groups is 1. The SMILES string of the molecule is COc1ccc(/C(=N/Nc2ccccc2)[C@H](c2ccc(OC)cc2)[C@H]2OC(=O)c3ccccc32)cc1. The zero-order valence-corrected chi connectivity index (χ0v) is 20.0. The van der Waals surface area contributed by atoms with E-state index in [1.54, 1.807) is 20.3 Å². The van der Waals surface area contributed by atoms with Gasteiger partial charge in [-0.3, -0.25) is 5.43 Å². The quantitative estimate of drug-likeness (QED) is 0.185. The van der Waals surface area contributed by atoms with Gasteiger partial charge in [0, 0.05) is 5.56 Å². The van der Waals surface area contributed by atoms with E-state index < -0.39 is 12.0 Å². The third kappa shape index (κ3) is 4.66. The lowest BCUT2D eigenvalue weighted by Crippen LogP contribution is -2.23. The lowest BCUT2D eigenvalue weighted by Gasteiger charge is -2.26. The summed E-state index contributed by atoms with van der Waals surface area (Å²) in [6, 6.07) is 32.7. The molecule has 0 saturated carbocycles. The zero-order chi connectivity index (χ0) is 24.9. The zero-order valence-electron chi connectivity index (χ0n) is 20.0. The lowest BCUT2D eigenvalue weighted by atomic mass is 9.82. The van der Waals surface area contributed by atoms with Crippen molar-refractivity contribution in [3.8, 4) is 11.5 Å². The summed E-state index contributed by atoms with van der Waals surface area (Å²) in [5.74, 6) is 0.756. The van der Waals surface area contributed by atoms with E-state index in [9.17, 15) is 4.79 Å². The number of hydrogen-bond donors (Lipinski definition) is 1. The highest BCUT2D eigenvalue weighted by molar-refractivity contribution is 6.07. The molecule has 0 aliphatic carbocycles. The molecule has 0 saturated heterocycles. The number of esters is 1. The number of hydrazone groups is 1. The molecule has 4 aromatic carbocycles. The number of carbonyl (C=O) groups excluding carboxylic acids is 1. The molecule has 0 aromatic heterocycles. The first kappa shape index (κ1) is 23.2. The topological polar surface area (TPSA) is 69.2 Å². The first-order valence-corrected chi connectivity index (χ1v) is 11.6. The van der Waals surface area contributed by atoms with Crippen LogP contribution in [0.3, 0.4) is 0 Å². The fraction of sp³-hybridized carbons (Fsp3) is 0.133. The molecule has 1 N–H and O–H groups in total. The van der Waals surface area contributed by atoms with Gasteiger partial charge < -0.3 is 14.2 Å². The van der Waals surface area contributed by atoms with E-state index in [1.165, 1.54) is 0 Å². The molecule has 0 amide bonds. The number of methoxy groups -OCH3 is 2. The van der Waals surface area contributed by atoms with Gasteiger partial charge in [0.25, 0.3) is 0 Å². The summed E-state index contributed by atoms with van der Waals surface area (Å²) >= 11 is 0. The van der Waals surface area contributed by atoms with Crippen molar-refractivity contribution >= 4 is 17.4 Å². The third-order valence-corrected chi connectivity index (χ3v) is 6.26. The highest BCUT2D eigenvalue weighted by Crippen LogP contribution is 2.43. The molecular formula is C30H26N2O4. The molecule has 6 heteroatoms. The Balaban J connectivity index is 1.67. The first-order chi connectivity index (χ1) is 17.7. The molecule has 6 nitrogen and oxygen atoms in total. The van der Waals surface area contributed by atoms with Crippen LogP contribution in [0.15, 0.2) is 108 Å². The summed E-state index contributed by atoms with van der Waals surface area (Å²) in [7, 11) is 3.27. The van der Waals surface area contributed by atoms with Gasteiger partial charge in [0.05, 0.1) is 37.1 Å². The van der Waals surface area contributed by atoms with Crippen LogP contribution in [0.5, 0.6) is 11.5 Å². The maximum atomic E-state index is 12.8. The minimum Gasteiger partial charge on any atom is -0.497 e. The van der Waals surface area contributed by atoms with Crippen LogP contribution in [0, 0.1) is 0 Å².